The third-order valence-electron chi connectivity index (χ3n) is 3.09. The van der Waals surface area contributed by atoms with Crippen LogP contribution in [0.4, 0.5) is 0 Å². The van der Waals surface area contributed by atoms with Gasteiger partial charge in [-0.3, -0.25) is 5.43 Å². The smallest absolute Gasteiger partial charge is 0.0371 e. The van der Waals surface area contributed by atoms with Crippen molar-refractivity contribution < 1.29 is 0 Å². The van der Waals surface area contributed by atoms with Crippen molar-refractivity contribution in [3.8, 4) is 0 Å². The Kier molecular flexibility index (Phi) is 1.87. The van der Waals surface area contributed by atoms with Crippen LogP contribution in [-0.2, 0) is 0 Å². The third kappa shape index (κ3) is 1.17. The van der Waals surface area contributed by atoms with Gasteiger partial charge in [0.05, 0.1) is 0 Å². The summed E-state index contributed by atoms with van der Waals surface area (Å²) in [5.74, 6) is 0. The molecule has 3 aliphatic rings. The Morgan fingerprint density at radius 1 is 1.18 bits per heavy atom. The van der Waals surface area contributed by atoms with Crippen LogP contribution in [0, 0.1) is 0 Å². The standard InChI is InChI=1S/C8H17N3/c1-9-11-6-7-3-4-8(11)5-10(7)2/h7-9H,3-6H2,1-2H3. The highest BCUT2D eigenvalue weighted by atomic mass is 15.5. The largest absolute Gasteiger partial charge is 0.300 e. The highest BCUT2D eigenvalue weighted by Crippen LogP contribution is 2.25. The van der Waals surface area contributed by atoms with Crippen LogP contribution in [0.3, 0.4) is 0 Å². The van der Waals surface area contributed by atoms with Gasteiger partial charge in [0.25, 0.3) is 0 Å². The first kappa shape index (κ1) is 7.53. The minimum atomic E-state index is 0.759. The van der Waals surface area contributed by atoms with Crippen molar-refractivity contribution in [1.29, 1.82) is 0 Å². The van der Waals surface area contributed by atoms with E-state index in [2.05, 4.69) is 22.4 Å². The fraction of sp³-hybridized carbons (Fsp3) is 1.00. The quantitative estimate of drug-likeness (QED) is 0.570. The van der Waals surface area contributed by atoms with Gasteiger partial charge in [-0.05, 0) is 26.9 Å². The van der Waals surface area contributed by atoms with Gasteiger partial charge >= 0.3 is 0 Å². The molecular weight excluding hydrogens is 138 g/mol. The van der Waals surface area contributed by atoms with E-state index in [1.807, 2.05) is 7.05 Å². The van der Waals surface area contributed by atoms with E-state index >= 15 is 0 Å². The van der Waals surface area contributed by atoms with Gasteiger partial charge in [0.1, 0.15) is 0 Å². The van der Waals surface area contributed by atoms with E-state index < -0.39 is 0 Å². The average Bonchev–Trinajstić information content (AvgIpc) is 2.05. The number of piperazine rings is 1. The summed E-state index contributed by atoms with van der Waals surface area (Å²) in [4.78, 5) is 2.49. The maximum Gasteiger partial charge on any atom is 0.0371 e. The van der Waals surface area contributed by atoms with Crippen molar-refractivity contribution in [1.82, 2.24) is 15.3 Å². The van der Waals surface area contributed by atoms with Crippen LogP contribution >= 0.6 is 0 Å². The van der Waals surface area contributed by atoms with E-state index in [0.29, 0.717) is 0 Å². The predicted molar refractivity (Wildman–Crippen MR) is 45.2 cm³/mol. The van der Waals surface area contributed by atoms with Crippen LogP contribution in [0.5, 0.6) is 0 Å². The molecule has 0 amide bonds. The number of nitrogens with zero attached hydrogens (tertiary/aromatic N) is 2. The Bertz CT molecular complexity index is 148. The molecule has 0 spiro atoms. The molecule has 3 saturated heterocycles. The van der Waals surface area contributed by atoms with Crippen molar-refractivity contribution in [2.24, 2.45) is 0 Å². The summed E-state index contributed by atoms with van der Waals surface area (Å²) < 4.78 is 0. The maximum atomic E-state index is 3.26. The third-order valence-corrected chi connectivity index (χ3v) is 3.09. The lowest BCUT2D eigenvalue weighted by atomic mass is 9.93. The van der Waals surface area contributed by atoms with E-state index in [9.17, 15) is 0 Å². The molecule has 2 unspecified atom stereocenters. The predicted octanol–water partition coefficient (Wildman–Crippen LogP) is -0.101. The fourth-order valence-electron chi connectivity index (χ4n) is 2.31. The molecule has 0 radical (unpaired) electrons. The van der Waals surface area contributed by atoms with Gasteiger partial charge in [0, 0.05) is 25.2 Å². The molecule has 11 heavy (non-hydrogen) atoms. The molecule has 0 aromatic heterocycles. The number of fused-ring (bicyclic) bond motifs is 3. The van der Waals surface area contributed by atoms with Crippen LogP contribution < -0.4 is 5.43 Å². The summed E-state index contributed by atoms with van der Waals surface area (Å²) in [6.45, 7) is 2.45. The molecule has 3 heterocycles. The second-order valence-electron chi connectivity index (χ2n) is 3.70. The molecule has 2 bridgehead atoms. The van der Waals surface area contributed by atoms with Gasteiger partial charge in [0.15, 0.2) is 0 Å². The summed E-state index contributed by atoms with van der Waals surface area (Å²) in [5.41, 5.74) is 3.26. The summed E-state index contributed by atoms with van der Waals surface area (Å²) in [5, 5.41) is 2.38. The molecule has 0 saturated carbocycles. The molecule has 0 aliphatic carbocycles. The first-order valence-electron chi connectivity index (χ1n) is 4.45. The summed E-state index contributed by atoms with van der Waals surface area (Å²) in [7, 11) is 4.27. The Hall–Kier alpha value is -0.120. The molecule has 64 valence electrons. The number of hydrogen-bond donors (Lipinski definition) is 1. The monoisotopic (exact) mass is 155 g/mol. The average molecular weight is 155 g/mol. The molecule has 1 N–H and O–H groups in total. The first-order chi connectivity index (χ1) is 5.31. The molecule has 0 aromatic carbocycles. The van der Waals surface area contributed by atoms with Gasteiger partial charge in [-0.15, -0.1) is 0 Å². The zero-order chi connectivity index (χ0) is 7.84. The lowest BCUT2D eigenvalue weighted by Crippen LogP contribution is -2.64. The van der Waals surface area contributed by atoms with Gasteiger partial charge in [-0.25, -0.2) is 5.01 Å². The minimum absolute atomic E-state index is 0.759. The minimum Gasteiger partial charge on any atom is -0.300 e. The Labute approximate surface area is 68.3 Å². The highest BCUT2D eigenvalue weighted by Gasteiger charge is 2.36. The van der Waals surface area contributed by atoms with Crippen LogP contribution in [-0.4, -0.2) is 49.2 Å². The molecule has 0 aromatic rings. The topological polar surface area (TPSA) is 18.5 Å². The van der Waals surface area contributed by atoms with E-state index in [-0.39, 0.29) is 0 Å². The summed E-state index contributed by atoms with van der Waals surface area (Å²) >= 11 is 0. The van der Waals surface area contributed by atoms with Crippen molar-refractivity contribution in [2.45, 2.75) is 24.9 Å². The first-order valence-corrected chi connectivity index (χ1v) is 4.45. The maximum absolute atomic E-state index is 3.26. The fourth-order valence-corrected chi connectivity index (χ4v) is 2.31. The normalized spacial score (nSPS) is 39.8. The summed E-state index contributed by atoms with van der Waals surface area (Å²) in [6.07, 6.45) is 2.76. The molecule has 3 rings (SSSR count). The van der Waals surface area contributed by atoms with Gasteiger partial charge in [-0.1, -0.05) is 0 Å². The number of nitrogens with one attached hydrogen (secondary N) is 1. The molecule has 3 aliphatic heterocycles. The van der Waals surface area contributed by atoms with Gasteiger partial charge in [-0.2, -0.15) is 0 Å². The van der Waals surface area contributed by atoms with E-state index in [1.54, 1.807) is 0 Å². The number of likely N-dealkylation sites (N-methyl/N-ethyl adjacent to an activating group) is 1. The zero-order valence-corrected chi connectivity index (χ0v) is 7.38. The SMILES string of the molecule is CNN1CC2CCC1CN2C. The van der Waals surface area contributed by atoms with Crippen molar-refractivity contribution in [3.05, 3.63) is 0 Å². The van der Waals surface area contributed by atoms with Crippen LogP contribution in [0.15, 0.2) is 0 Å². The lowest BCUT2D eigenvalue weighted by molar-refractivity contribution is -0.0315. The Balaban J connectivity index is 2.04. The Morgan fingerprint density at radius 3 is 2.36 bits per heavy atom. The van der Waals surface area contributed by atoms with Crippen LogP contribution in [0.25, 0.3) is 0 Å². The van der Waals surface area contributed by atoms with Crippen LogP contribution in [0.1, 0.15) is 12.8 Å². The second-order valence-corrected chi connectivity index (χ2v) is 3.70. The number of rotatable bonds is 1. The van der Waals surface area contributed by atoms with E-state index in [1.165, 1.54) is 25.9 Å². The highest BCUT2D eigenvalue weighted by molar-refractivity contribution is 4.91. The lowest BCUT2D eigenvalue weighted by Gasteiger charge is -2.49. The number of hydrogen-bond acceptors (Lipinski definition) is 3. The van der Waals surface area contributed by atoms with Crippen molar-refractivity contribution in [2.75, 3.05) is 27.2 Å². The Morgan fingerprint density at radius 2 is 1.91 bits per heavy atom. The molecule has 3 fully saturated rings. The van der Waals surface area contributed by atoms with Crippen molar-refractivity contribution in [3.63, 3.8) is 0 Å². The van der Waals surface area contributed by atoms with E-state index in [0.717, 1.165) is 12.1 Å². The number of hydrazine groups is 1. The second kappa shape index (κ2) is 2.73. The van der Waals surface area contributed by atoms with E-state index in [4.69, 9.17) is 0 Å². The number of piperidine rings is 2. The molecule has 3 heteroatoms. The summed E-state index contributed by atoms with van der Waals surface area (Å²) in [6, 6.07) is 1.56. The molecule has 3 nitrogen and oxygen atoms in total. The van der Waals surface area contributed by atoms with Gasteiger partial charge < -0.3 is 4.90 Å². The molecule has 2 atom stereocenters. The molecular formula is C8H17N3. The van der Waals surface area contributed by atoms with Gasteiger partial charge in [0.2, 0.25) is 0 Å². The van der Waals surface area contributed by atoms with Crippen LogP contribution in [0.2, 0.25) is 0 Å². The zero-order valence-electron chi connectivity index (χ0n) is 7.38. The van der Waals surface area contributed by atoms with Crippen molar-refractivity contribution >= 4 is 0 Å².